The van der Waals surface area contributed by atoms with E-state index < -0.39 is 11.5 Å². The Morgan fingerprint density at radius 1 is 1.42 bits per heavy atom. The Morgan fingerprint density at radius 2 is 2.05 bits per heavy atom. The van der Waals surface area contributed by atoms with Gasteiger partial charge in [-0.2, -0.15) is 0 Å². The van der Waals surface area contributed by atoms with Crippen molar-refractivity contribution in [1.82, 2.24) is 5.32 Å². The summed E-state index contributed by atoms with van der Waals surface area (Å²) in [7, 11) is 0. The molecule has 1 fully saturated rings. The summed E-state index contributed by atoms with van der Waals surface area (Å²) < 4.78 is 0.628. The molecule has 1 amide bonds. The highest BCUT2D eigenvalue weighted by molar-refractivity contribution is 7.16. The summed E-state index contributed by atoms with van der Waals surface area (Å²) in [6.45, 7) is 1.77. The van der Waals surface area contributed by atoms with Gasteiger partial charge in [-0.25, -0.2) is 4.79 Å². The fourth-order valence-corrected chi connectivity index (χ4v) is 3.52. The number of nitrogens with one attached hydrogen (secondary N) is 1. The summed E-state index contributed by atoms with van der Waals surface area (Å²) in [6, 6.07) is 3.55. The van der Waals surface area contributed by atoms with E-state index in [-0.39, 0.29) is 11.8 Å². The number of hydrogen-bond donors (Lipinski definition) is 2. The highest BCUT2D eigenvalue weighted by Crippen LogP contribution is 2.32. The summed E-state index contributed by atoms with van der Waals surface area (Å²) in [5.41, 5.74) is -1.08. The standard InChI is InChI=1S/C13H16ClNO3S/c1-8(9-4-5-10(14)19-9)11(16)15-13(12(17)18)6-2-3-7-13/h4-5,8H,2-3,6-7H2,1H3,(H,15,16)(H,17,18). The lowest BCUT2D eigenvalue weighted by molar-refractivity contribution is -0.147. The first kappa shape index (κ1) is 14.3. The molecule has 1 saturated carbocycles. The number of carboxylic acids is 1. The lowest BCUT2D eigenvalue weighted by atomic mass is 9.96. The number of rotatable bonds is 4. The fourth-order valence-electron chi connectivity index (χ4n) is 2.41. The number of carbonyl (C=O) groups is 2. The van der Waals surface area contributed by atoms with Crippen molar-refractivity contribution in [3.8, 4) is 0 Å². The van der Waals surface area contributed by atoms with Crippen molar-refractivity contribution >= 4 is 34.8 Å². The van der Waals surface area contributed by atoms with Crippen LogP contribution in [0.5, 0.6) is 0 Å². The van der Waals surface area contributed by atoms with E-state index in [1.54, 1.807) is 19.1 Å². The molecule has 0 aromatic carbocycles. The SMILES string of the molecule is CC(C(=O)NC1(C(=O)O)CCCC1)c1ccc(Cl)s1. The van der Waals surface area contributed by atoms with Crippen molar-refractivity contribution in [3.05, 3.63) is 21.3 Å². The van der Waals surface area contributed by atoms with Crippen LogP contribution in [-0.4, -0.2) is 22.5 Å². The number of carboxylic acid groups (broad SMARTS) is 1. The Balaban J connectivity index is 2.09. The molecule has 0 aliphatic heterocycles. The number of aliphatic carboxylic acids is 1. The van der Waals surface area contributed by atoms with Crippen molar-refractivity contribution in [2.45, 2.75) is 44.1 Å². The monoisotopic (exact) mass is 301 g/mol. The van der Waals surface area contributed by atoms with Crippen LogP contribution in [0.4, 0.5) is 0 Å². The minimum atomic E-state index is -1.08. The molecule has 6 heteroatoms. The van der Waals surface area contributed by atoms with E-state index >= 15 is 0 Å². The van der Waals surface area contributed by atoms with E-state index in [9.17, 15) is 14.7 Å². The molecule has 1 aliphatic carbocycles. The number of carbonyl (C=O) groups excluding carboxylic acids is 1. The molecule has 19 heavy (non-hydrogen) atoms. The van der Waals surface area contributed by atoms with Gasteiger partial charge < -0.3 is 10.4 Å². The van der Waals surface area contributed by atoms with Gasteiger partial charge in [0.25, 0.3) is 0 Å². The predicted molar refractivity (Wildman–Crippen MR) is 74.7 cm³/mol. The second kappa shape index (κ2) is 5.51. The summed E-state index contributed by atoms with van der Waals surface area (Å²) in [4.78, 5) is 24.4. The first-order valence-corrected chi connectivity index (χ1v) is 7.45. The predicted octanol–water partition coefficient (Wildman–Crippen LogP) is 3.02. The van der Waals surface area contributed by atoms with Crippen molar-refractivity contribution in [2.75, 3.05) is 0 Å². The molecule has 0 spiro atoms. The molecule has 1 heterocycles. The van der Waals surface area contributed by atoms with E-state index in [2.05, 4.69) is 5.32 Å². The molecular formula is C13H16ClNO3S. The Morgan fingerprint density at radius 3 is 2.53 bits per heavy atom. The molecule has 2 rings (SSSR count). The maximum Gasteiger partial charge on any atom is 0.329 e. The normalized spacial score (nSPS) is 19.1. The van der Waals surface area contributed by atoms with Gasteiger partial charge in [-0.1, -0.05) is 24.4 Å². The third-order valence-corrected chi connectivity index (χ3v) is 5.06. The Hall–Kier alpha value is -1.07. The summed E-state index contributed by atoms with van der Waals surface area (Å²) >= 11 is 7.20. The molecule has 2 N–H and O–H groups in total. The van der Waals surface area contributed by atoms with Crippen LogP contribution in [0.2, 0.25) is 4.34 Å². The molecule has 1 unspecified atom stereocenters. The molecule has 0 bridgehead atoms. The van der Waals surface area contributed by atoms with Crippen molar-refractivity contribution < 1.29 is 14.7 Å². The van der Waals surface area contributed by atoms with Crippen molar-refractivity contribution in [1.29, 1.82) is 0 Å². The molecule has 1 aromatic heterocycles. The number of amides is 1. The number of hydrogen-bond acceptors (Lipinski definition) is 3. The highest BCUT2D eigenvalue weighted by Gasteiger charge is 2.43. The van der Waals surface area contributed by atoms with Crippen LogP contribution in [-0.2, 0) is 9.59 Å². The molecule has 1 aliphatic rings. The van der Waals surface area contributed by atoms with E-state index in [4.69, 9.17) is 11.6 Å². The first-order chi connectivity index (χ1) is 8.94. The molecule has 4 nitrogen and oxygen atoms in total. The average molecular weight is 302 g/mol. The maximum absolute atomic E-state index is 12.2. The third kappa shape index (κ3) is 2.92. The zero-order valence-corrected chi connectivity index (χ0v) is 12.2. The van der Waals surface area contributed by atoms with Crippen LogP contribution in [0.15, 0.2) is 12.1 Å². The quantitative estimate of drug-likeness (QED) is 0.898. The second-order valence-corrected chi connectivity index (χ2v) is 6.69. The van der Waals surface area contributed by atoms with Gasteiger partial charge in [0.1, 0.15) is 5.54 Å². The topological polar surface area (TPSA) is 66.4 Å². The number of halogens is 1. The first-order valence-electron chi connectivity index (χ1n) is 6.25. The van der Waals surface area contributed by atoms with Crippen LogP contribution in [0.1, 0.15) is 43.4 Å². The van der Waals surface area contributed by atoms with Gasteiger partial charge in [-0.3, -0.25) is 4.79 Å². The molecule has 0 radical (unpaired) electrons. The second-order valence-electron chi connectivity index (χ2n) is 4.95. The average Bonchev–Trinajstić information content (AvgIpc) is 2.98. The van der Waals surface area contributed by atoms with Gasteiger partial charge in [0.15, 0.2) is 0 Å². The largest absolute Gasteiger partial charge is 0.480 e. The molecule has 1 atom stereocenters. The van der Waals surface area contributed by atoms with Crippen LogP contribution >= 0.6 is 22.9 Å². The Kier molecular flexibility index (Phi) is 4.16. The summed E-state index contributed by atoms with van der Waals surface area (Å²) in [5, 5.41) is 12.1. The zero-order valence-electron chi connectivity index (χ0n) is 10.6. The highest BCUT2D eigenvalue weighted by atomic mass is 35.5. The van der Waals surface area contributed by atoms with Crippen molar-refractivity contribution in [2.24, 2.45) is 0 Å². The number of thiophene rings is 1. The molecular weight excluding hydrogens is 286 g/mol. The van der Waals surface area contributed by atoms with Gasteiger partial charge in [0, 0.05) is 4.88 Å². The fraction of sp³-hybridized carbons (Fsp3) is 0.538. The van der Waals surface area contributed by atoms with Crippen molar-refractivity contribution in [3.63, 3.8) is 0 Å². The Labute approximate surface area is 120 Å². The minimum Gasteiger partial charge on any atom is -0.480 e. The van der Waals surface area contributed by atoms with E-state index in [0.717, 1.165) is 17.7 Å². The van der Waals surface area contributed by atoms with Gasteiger partial charge in [0.05, 0.1) is 10.3 Å². The maximum atomic E-state index is 12.2. The molecule has 0 saturated heterocycles. The van der Waals surface area contributed by atoms with Crippen LogP contribution in [0, 0.1) is 0 Å². The third-order valence-electron chi connectivity index (χ3n) is 3.64. The molecule has 1 aromatic rings. The van der Waals surface area contributed by atoms with Crippen LogP contribution < -0.4 is 5.32 Å². The zero-order chi connectivity index (χ0) is 14.0. The van der Waals surface area contributed by atoms with Gasteiger partial charge in [-0.05, 0) is 31.9 Å². The van der Waals surface area contributed by atoms with Gasteiger partial charge in [0.2, 0.25) is 5.91 Å². The van der Waals surface area contributed by atoms with Crippen LogP contribution in [0.3, 0.4) is 0 Å². The Bertz CT molecular complexity index is 494. The molecule has 104 valence electrons. The lowest BCUT2D eigenvalue weighted by Gasteiger charge is -2.26. The van der Waals surface area contributed by atoms with Crippen LogP contribution in [0.25, 0.3) is 0 Å². The lowest BCUT2D eigenvalue weighted by Crippen LogP contribution is -2.53. The van der Waals surface area contributed by atoms with Gasteiger partial charge in [-0.15, -0.1) is 11.3 Å². The van der Waals surface area contributed by atoms with E-state index in [1.807, 2.05) is 0 Å². The van der Waals surface area contributed by atoms with E-state index in [0.29, 0.717) is 17.2 Å². The smallest absolute Gasteiger partial charge is 0.329 e. The summed E-state index contributed by atoms with van der Waals surface area (Å²) in [6.07, 6.45) is 2.69. The van der Waals surface area contributed by atoms with E-state index in [1.165, 1.54) is 11.3 Å². The summed E-state index contributed by atoms with van der Waals surface area (Å²) in [5.74, 6) is -1.56. The van der Waals surface area contributed by atoms with Gasteiger partial charge >= 0.3 is 5.97 Å². The minimum absolute atomic E-state index is 0.247.